The molecular weight excluding hydrogens is 541 g/mol. The van der Waals surface area contributed by atoms with Gasteiger partial charge >= 0.3 is 11.9 Å². The lowest BCUT2D eigenvalue weighted by Gasteiger charge is -2.22. The van der Waals surface area contributed by atoms with Crippen LogP contribution >= 0.6 is 23.2 Å². The Hall–Kier alpha value is -3.69. The summed E-state index contributed by atoms with van der Waals surface area (Å²) in [5, 5.41) is 1.80. The van der Waals surface area contributed by atoms with Gasteiger partial charge in [-0.2, -0.15) is 0 Å². The minimum Gasteiger partial charge on any atom is -0.392 e. The number of fused-ring (bicyclic) bond motifs is 2. The van der Waals surface area contributed by atoms with E-state index in [0.717, 1.165) is 16.5 Å². The predicted octanol–water partition coefficient (Wildman–Crippen LogP) is 4.96. The standard InChI is InChI=1S/C29H25Cl2N3O5/c1-34-24-11-10-17(30)13-20(24)27(19-7-2-4-8-21(19)31)38-25(28(34)36)14-26(35)39-29(37)22(32)12-16-15-33-23-9-5-3-6-18(16)23/h2-11,13,15,22,25,27,33H,12,14,32H2,1H3/t22-,25?,27?/m0/s1. The molecule has 5 rings (SSSR count). The predicted molar refractivity (Wildman–Crippen MR) is 149 cm³/mol. The molecule has 2 heterocycles. The fraction of sp³-hybridized carbons (Fsp3) is 0.207. The van der Waals surface area contributed by atoms with Crippen LogP contribution < -0.4 is 10.6 Å². The summed E-state index contributed by atoms with van der Waals surface area (Å²) in [6, 6.07) is 18.6. The maximum absolute atomic E-state index is 13.4. The van der Waals surface area contributed by atoms with Crippen molar-refractivity contribution in [2.45, 2.75) is 31.1 Å². The lowest BCUT2D eigenvalue weighted by atomic mass is 9.99. The van der Waals surface area contributed by atoms with Gasteiger partial charge in [-0.1, -0.05) is 59.6 Å². The number of benzene rings is 3. The van der Waals surface area contributed by atoms with E-state index in [9.17, 15) is 14.4 Å². The Labute approximate surface area is 234 Å². The van der Waals surface area contributed by atoms with Gasteiger partial charge in [-0.05, 0) is 35.9 Å². The second kappa shape index (κ2) is 11.2. The molecule has 0 radical (unpaired) electrons. The van der Waals surface area contributed by atoms with Crippen molar-refractivity contribution in [2.24, 2.45) is 5.73 Å². The highest BCUT2D eigenvalue weighted by Crippen LogP contribution is 2.41. The molecule has 3 atom stereocenters. The normalized spacial score (nSPS) is 17.9. The molecule has 0 saturated carbocycles. The molecule has 8 nitrogen and oxygen atoms in total. The number of nitrogens with one attached hydrogen (secondary N) is 1. The summed E-state index contributed by atoms with van der Waals surface area (Å²) in [5.74, 6) is -2.30. The van der Waals surface area contributed by atoms with Crippen molar-refractivity contribution in [1.29, 1.82) is 0 Å². The number of amides is 1. The first kappa shape index (κ1) is 26.9. The number of nitrogens with zero attached hydrogens (tertiary/aromatic N) is 1. The number of ether oxygens (including phenoxy) is 2. The molecule has 0 bridgehead atoms. The molecule has 3 N–H and O–H groups in total. The number of likely N-dealkylation sites (N-methyl/N-ethyl adjacent to an activating group) is 1. The Balaban J connectivity index is 1.33. The van der Waals surface area contributed by atoms with Crippen LogP contribution in [0.1, 0.15) is 29.2 Å². The molecule has 0 saturated heterocycles. The van der Waals surface area contributed by atoms with Crippen LogP contribution in [0.2, 0.25) is 10.0 Å². The van der Waals surface area contributed by atoms with Crippen molar-refractivity contribution < 1.29 is 23.9 Å². The first-order valence-electron chi connectivity index (χ1n) is 12.2. The van der Waals surface area contributed by atoms with Crippen LogP contribution in [0.4, 0.5) is 5.69 Å². The third-order valence-corrected chi connectivity index (χ3v) is 7.29. The average Bonchev–Trinajstić information content (AvgIpc) is 3.29. The zero-order valence-electron chi connectivity index (χ0n) is 20.9. The molecule has 2 unspecified atom stereocenters. The molecule has 0 aliphatic carbocycles. The highest BCUT2D eigenvalue weighted by atomic mass is 35.5. The van der Waals surface area contributed by atoms with E-state index in [1.165, 1.54) is 4.90 Å². The largest absolute Gasteiger partial charge is 0.392 e. The lowest BCUT2D eigenvalue weighted by molar-refractivity contribution is -0.164. The number of H-pyrrole nitrogens is 1. The molecule has 1 aromatic heterocycles. The monoisotopic (exact) mass is 565 g/mol. The average molecular weight is 566 g/mol. The van der Waals surface area contributed by atoms with Crippen molar-refractivity contribution in [1.82, 2.24) is 4.98 Å². The number of hydrogen-bond donors (Lipinski definition) is 2. The van der Waals surface area contributed by atoms with Gasteiger partial charge in [-0.3, -0.25) is 9.59 Å². The maximum atomic E-state index is 13.4. The lowest BCUT2D eigenvalue weighted by Crippen LogP contribution is -2.40. The third-order valence-electron chi connectivity index (χ3n) is 6.71. The second-order valence-electron chi connectivity index (χ2n) is 9.29. The van der Waals surface area contributed by atoms with E-state index < -0.39 is 42.5 Å². The highest BCUT2D eigenvalue weighted by Gasteiger charge is 2.37. The van der Waals surface area contributed by atoms with Crippen LogP contribution in [0.3, 0.4) is 0 Å². The van der Waals surface area contributed by atoms with Crippen LogP contribution in [0.15, 0.2) is 72.9 Å². The molecule has 39 heavy (non-hydrogen) atoms. The molecular formula is C29H25Cl2N3O5. The second-order valence-corrected chi connectivity index (χ2v) is 10.1. The van der Waals surface area contributed by atoms with E-state index in [1.54, 1.807) is 55.7 Å². The number of para-hydroxylation sites is 1. The minimum absolute atomic E-state index is 0.169. The molecule has 0 fully saturated rings. The van der Waals surface area contributed by atoms with E-state index in [4.69, 9.17) is 38.4 Å². The topological polar surface area (TPSA) is 115 Å². The fourth-order valence-corrected chi connectivity index (χ4v) is 5.15. The Morgan fingerprint density at radius 3 is 2.62 bits per heavy atom. The Morgan fingerprint density at radius 1 is 1.08 bits per heavy atom. The van der Waals surface area contributed by atoms with Gasteiger partial charge < -0.3 is 25.1 Å². The fourth-order valence-electron chi connectivity index (χ4n) is 4.74. The highest BCUT2D eigenvalue weighted by molar-refractivity contribution is 6.31. The van der Waals surface area contributed by atoms with Crippen molar-refractivity contribution >= 4 is 57.6 Å². The van der Waals surface area contributed by atoms with Crippen molar-refractivity contribution in [3.8, 4) is 0 Å². The van der Waals surface area contributed by atoms with E-state index in [1.807, 2.05) is 24.3 Å². The Kier molecular flexibility index (Phi) is 7.72. The number of aromatic nitrogens is 1. The summed E-state index contributed by atoms with van der Waals surface area (Å²) >= 11 is 12.8. The minimum atomic E-state index is -1.26. The van der Waals surface area contributed by atoms with E-state index in [-0.39, 0.29) is 6.42 Å². The molecule has 1 aliphatic heterocycles. The Bertz CT molecular complexity index is 1570. The third kappa shape index (κ3) is 5.55. The summed E-state index contributed by atoms with van der Waals surface area (Å²) in [7, 11) is 1.58. The number of esters is 2. The summed E-state index contributed by atoms with van der Waals surface area (Å²) in [5.41, 5.74) is 9.57. The zero-order valence-corrected chi connectivity index (χ0v) is 22.4. The number of hydrogen-bond acceptors (Lipinski definition) is 6. The molecule has 3 aromatic carbocycles. The number of anilines is 1. The van der Waals surface area contributed by atoms with E-state index >= 15 is 0 Å². The number of carbonyl (C=O) groups is 3. The number of rotatable bonds is 6. The van der Waals surface area contributed by atoms with Crippen LogP contribution in [0, 0.1) is 0 Å². The van der Waals surface area contributed by atoms with Gasteiger partial charge in [-0.25, -0.2) is 4.79 Å². The molecule has 200 valence electrons. The number of halogens is 2. The molecule has 1 aliphatic rings. The first-order valence-corrected chi connectivity index (χ1v) is 13.0. The molecule has 1 amide bonds. The van der Waals surface area contributed by atoms with Gasteiger partial charge in [0.1, 0.15) is 18.2 Å². The molecule has 10 heteroatoms. The van der Waals surface area contributed by atoms with Crippen molar-refractivity contribution in [3.05, 3.63) is 99.7 Å². The van der Waals surface area contributed by atoms with Gasteiger partial charge in [0, 0.05) is 57.4 Å². The number of nitrogens with two attached hydrogens (primary N) is 1. The van der Waals surface area contributed by atoms with Crippen LogP contribution in [-0.2, 0) is 30.3 Å². The summed E-state index contributed by atoms with van der Waals surface area (Å²) in [6.07, 6.45) is -0.627. The van der Waals surface area contributed by atoms with E-state index in [2.05, 4.69) is 4.98 Å². The maximum Gasteiger partial charge on any atom is 0.330 e. The summed E-state index contributed by atoms with van der Waals surface area (Å²) in [4.78, 5) is 43.4. The Morgan fingerprint density at radius 2 is 1.82 bits per heavy atom. The van der Waals surface area contributed by atoms with Crippen LogP contribution in [0.5, 0.6) is 0 Å². The summed E-state index contributed by atoms with van der Waals surface area (Å²) < 4.78 is 11.3. The van der Waals surface area contributed by atoms with Crippen LogP contribution in [0.25, 0.3) is 10.9 Å². The SMILES string of the molecule is CN1C(=O)C(CC(=O)OC(=O)[C@@H](N)Cc2c[nH]c3ccccc23)OC(c2ccccc2Cl)c2cc(Cl)ccc21. The quantitative estimate of drug-likeness (QED) is 0.252. The van der Waals surface area contributed by atoms with Crippen molar-refractivity contribution in [3.63, 3.8) is 0 Å². The van der Waals surface area contributed by atoms with Gasteiger partial charge in [0.2, 0.25) is 0 Å². The van der Waals surface area contributed by atoms with Crippen molar-refractivity contribution in [2.75, 3.05) is 11.9 Å². The molecule has 0 spiro atoms. The first-order chi connectivity index (χ1) is 18.7. The van der Waals surface area contributed by atoms with Gasteiger partial charge in [-0.15, -0.1) is 0 Å². The molecule has 4 aromatic rings. The van der Waals surface area contributed by atoms with Gasteiger partial charge in [0.05, 0.1) is 6.42 Å². The van der Waals surface area contributed by atoms with E-state index in [0.29, 0.717) is 26.9 Å². The zero-order chi connectivity index (χ0) is 27.7. The smallest absolute Gasteiger partial charge is 0.330 e. The van der Waals surface area contributed by atoms with Gasteiger partial charge in [0.25, 0.3) is 5.91 Å². The van der Waals surface area contributed by atoms with Gasteiger partial charge in [0.15, 0.2) is 0 Å². The number of carbonyl (C=O) groups excluding carboxylic acids is 3. The van der Waals surface area contributed by atoms with Crippen LogP contribution in [-0.4, -0.2) is 42.0 Å². The summed E-state index contributed by atoms with van der Waals surface area (Å²) in [6.45, 7) is 0. The number of aromatic amines is 1.